The molecule has 2 heteroatoms. The highest BCUT2D eigenvalue weighted by molar-refractivity contribution is 9.09. The maximum atomic E-state index is 3.51. The van der Waals surface area contributed by atoms with Gasteiger partial charge in [0.1, 0.15) is 0 Å². The predicted molar refractivity (Wildman–Crippen MR) is 53.2 cm³/mol. The second-order valence-corrected chi connectivity index (χ2v) is 4.49. The molecule has 1 aliphatic heterocycles. The Kier molecular flexibility index (Phi) is 3.86. The molecule has 0 spiro atoms. The first-order chi connectivity index (χ1) is 5.24. The van der Waals surface area contributed by atoms with Crippen molar-refractivity contribution < 1.29 is 0 Å². The van der Waals surface area contributed by atoms with E-state index in [2.05, 4.69) is 34.8 Å². The van der Waals surface area contributed by atoms with Gasteiger partial charge in [0.25, 0.3) is 0 Å². The van der Waals surface area contributed by atoms with Crippen LogP contribution in [-0.4, -0.2) is 29.9 Å². The highest BCUT2D eigenvalue weighted by atomic mass is 79.9. The molecule has 0 radical (unpaired) electrons. The largest absolute Gasteiger partial charge is 0.304 e. The zero-order valence-electron chi connectivity index (χ0n) is 7.52. The van der Waals surface area contributed by atoms with E-state index in [-0.39, 0.29) is 0 Å². The van der Waals surface area contributed by atoms with Crippen LogP contribution in [0.5, 0.6) is 0 Å². The molecular weight excluding hydrogens is 202 g/mol. The van der Waals surface area contributed by atoms with Crippen molar-refractivity contribution in [1.29, 1.82) is 0 Å². The fraction of sp³-hybridized carbons (Fsp3) is 1.00. The first-order valence-corrected chi connectivity index (χ1v) is 5.62. The summed E-state index contributed by atoms with van der Waals surface area (Å²) in [6, 6.07) is 0.799. The van der Waals surface area contributed by atoms with E-state index in [0.717, 1.165) is 12.0 Å². The lowest BCUT2D eigenvalue weighted by Crippen LogP contribution is -2.37. The van der Waals surface area contributed by atoms with E-state index in [0.29, 0.717) is 0 Å². The molecule has 0 unspecified atom stereocenters. The van der Waals surface area contributed by atoms with Gasteiger partial charge in [-0.1, -0.05) is 15.9 Å². The van der Waals surface area contributed by atoms with Crippen molar-refractivity contribution in [2.24, 2.45) is 5.92 Å². The number of alkyl halides is 1. The molecule has 0 saturated carbocycles. The van der Waals surface area contributed by atoms with Crippen LogP contribution in [0.25, 0.3) is 0 Å². The predicted octanol–water partition coefficient (Wildman–Crippen LogP) is 2.50. The summed E-state index contributed by atoms with van der Waals surface area (Å²) < 4.78 is 0. The summed E-state index contributed by atoms with van der Waals surface area (Å²) in [5.41, 5.74) is 0. The normalized spacial score (nSPS) is 34.1. The third-order valence-electron chi connectivity index (χ3n) is 2.83. The molecule has 0 aromatic carbocycles. The van der Waals surface area contributed by atoms with Gasteiger partial charge in [0, 0.05) is 11.4 Å². The number of hydrogen-bond donors (Lipinski definition) is 0. The minimum Gasteiger partial charge on any atom is -0.304 e. The molecule has 1 nitrogen and oxygen atoms in total. The maximum absolute atomic E-state index is 3.51. The standard InChI is InChI=1S/C9H18BrN/c1-8-7-9(3-5-10)4-6-11(8)2/h8-9H,3-7H2,1-2H3/t8-,9+/m0/s1. The minimum atomic E-state index is 0.799. The van der Waals surface area contributed by atoms with Gasteiger partial charge < -0.3 is 4.90 Å². The van der Waals surface area contributed by atoms with Crippen LogP contribution in [0.3, 0.4) is 0 Å². The highest BCUT2D eigenvalue weighted by Crippen LogP contribution is 2.24. The molecular formula is C9H18BrN. The number of nitrogens with zero attached hydrogens (tertiary/aromatic N) is 1. The van der Waals surface area contributed by atoms with Gasteiger partial charge in [-0.05, 0) is 45.7 Å². The number of rotatable bonds is 2. The summed E-state index contributed by atoms with van der Waals surface area (Å²) in [5.74, 6) is 0.973. The Balaban J connectivity index is 2.28. The smallest absolute Gasteiger partial charge is 0.00665 e. The fourth-order valence-electron chi connectivity index (χ4n) is 1.80. The number of halogens is 1. The Bertz CT molecular complexity index is 116. The van der Waals surface area contributed by atoms with Crippen LogP contribution >= 0.6 is 15.9 Å². The van der Waals surface area contributed by atoms with Crippen molar-refractivity contribution in [3.05, 3.63) is 0 Å². The van der Waals surface area contributed by atoms with E-state index < -0.39 is 0 Å². The molecule has 66 valence electrons. The van der Waals surface area contributed by atoms with E-state index >= 15 is 0 Å². The molecule has 1 saturated heterocycles. The molecule has 0 N–H and O–H groups in total. The summed E-state index contributed by atoms with van der Waals surface area (Å²) in [5, 5.41) is 1.17. The van der Waals surface area contributed by atoms with Crippen LogP contribution in [0.15, 0.2) is 0 Å². The number of hydrogen-bond acceptors (Lipinski definition) is 1. The van der Waals surface area contributed by atoms with Crippen LogP contribution in [-0.2, 0) is 0 Å². The summed E-state index contributed by atoms with van der Waals surface area (Å²) in [6.45, 7) is 3.62. The Labute approximate surface area is 78.3 Å². The molecule has 0 aromatic rings. The van der Waals surface area contributed by atoms with Crippen LogP contribution in [0, 0.1) is 5.92 Å². The molecule has 1 rings (SSSR count). The quantitative estimate of drug-likeness (QED) is 0.646. The van der Waals surface area contributed by atoms with Crippen LogP contribution in [0.2, 0.25) is 0 Å². The molecule has 0 aliphatic carbocycles. The molecule has 11 heavy (non-hydrogen) atoms. The van der Waals surface area contributed by atoms with Gasteiger partial charge >= 0.3 is 0 Å². The van der Waals surface area contributed by atoms with Crippen molar-refractivity contribution in [3.8, 4) is 0 Å². The lowest BCUT2D eigenvalue weighted by atomic mass is 9.90. The van der Waals surface area contributed by atoms with Gasteiger partial charge in [0.05, 0.1) is 0 Å². The molecule has 1 aliphatic rings. The van der Waals surface area contributed by atoms with Gasteiger partial charge in [-0.2, -0.15) is 0 Å². The van der Waals surface area contributed by atoms with E-state index in [1.807, 2.05) is 0 Å². The van der Waals surface area contributed by atoms with Gasteiger partial charge in [0.15, 0.2) is 0 Å². The van der Waals surface area contributed by atoms with Gasteiger partial charge in [-0.3, -0.25) is 0 Å². The van der Waals surface area contributed by atoms with Crippen molar-refractivity contribution in [1.82, 2.24) is 4.90 Å². The molecule has 0 bridgehead atoms. The van der Waals surface area contributed by atoms with Gasteiger partial charge in [-0.25, -0.2) is 0 Å². The Morgan fingerprint density at radius 2 is 2.27 bits per heavy atom. The molecule has 0 aromatic heterocycles. The van der Waals surface area contributed by atoms with Gasteiger partial charge in [-0.15, -0.1) is 0 Å². The summed E-state index contributed by atoms with van der Waals surface area (Å²) in [6.07, 6.45) is 4.15. The number of piperidine rings is 1. The third kappa shape index (κ3) is 2.75. The van der Waals surface area contributed by atoms with E-state index in [9.17, 15) is 0 Å². The van der Waals surface area contributed by atoms with Crippen molar-refractivity contribution in [2.45, 2.75) is 32.2 Å². The van der Waals surface area contributed by atoms with E-state index in [4.69, 9.17) is 0 Å². The van der Waals surface area contributed by atoms with Crippen LogP contribution in [0.4, 0.5) is 0 Å². The molecule has 1 fully saturated rings. The maximum Gasteiger partial charge on any atom is 0.00665 e. The van der Waals surface area contributed by atoms with E-state index in [1.54, 1.807) is 0 Å². The first-order valence-electron chi connectivity index (χ1n) is 4.50. The van der Waals surface area contributed by atoms with Crippen LogP contribution in [0.1, 0.15) is 26.2 Å². The van der Waals surface area contributed by atoms with Crippen LogP contribution < -0.4 is 0 Å². The van der Waals surface area contributed by atoms with Gasteiger partial charge in [0.2, 0.25) is 0 Å². The Hall–Kier alpha value is 0.440. The average Bonchev–Trinajstić information content (AvgIpc) is 1.98. The Morgan fingerprint density at radius 3 is 2.82 bits per heavy atom. The summed E-state index contributed by atoms with van der Waals surface area (Å²) in [7, 11) is 2.23. The zero-order chi connectivity index (χ0) is 8.27. The monoisotopic (exact) mass is 219 g/mol. The zero-order valence-corrected chi connectivity index (χ0v) is 9.10. The first kappa shape index (κ1) is 9.53. The second kappa shape index (κ2) is 4.46. The third-order valence-corrected chi connectivity index (χ3v) is 3.29. The summed E-state index contributed by atoms with van der Waals surface area (Å²) >= 11 is 3.51. The lowest BCUT2D eigenvalue weighted by Gasteiger charge is -2.34. The second-order valence-electron chi connectivity index (χ2n) is 3.70. The van der Waals surface area contributed by atoms with Crippen molar-refractivity contribution in [3.63, 3.8) is 0 Å². The summed E-state index contributed by atoms with van der Waals surface area (Å²) in [4.78, 5) is 2.46. The number of likely N-dealkylation sites (tertiary alicyclic amines) is 1. The van der Waals surface area contributed by atoms with Crippen molar-refractivity contribution in [2.75, 3.05) is 18.9 Å². The highest BCUT2D eigenvalue weighted by Gasteiger charge is 2.21. The van der Waals surface area contributed by atoms with E-state index in [1.165, 1.54) is 31.1 Å². The SMILES string of the molecule is C[C@H]1C[C@H](CCBr)CCN1C. The fourth-order valence-corrected chi connectivity index (χ4v) is 2.45. The topological polar surface area (TPSA) is 3.24 Å². The minimum absolute atomic E-state index is 0.799. The lowest BCUT2D eigenvalue weighted by molar-refractivity contribution is 0.152. The average molecular weight is 220 g/mol. The van der Waals surface area contributed by atoms with Crippen molar-refractivity contribution >= 4 is 15.9 Å². The molecule has 1 heterocycles. The molecule has 0 amide bonds. The Morgan fingerprint density at radius 1 is 1.55 bits per heavy atom. The molecule has 2 atom stereocenters.